The van der Waals surface area contributed by atoms with Crippen LogP contribution in [0.1, 0.15) is 34.6 Å². The molecule has 0 aliphatic carbocycles. The Kier molecular flexibility index (Phi) is 7.02. The Bertz CT molecular complexity index is 636. The molecule has 0 aromatic heterocycles. The molecule has 0 fully saturated rings. The monoisotopic (exact) mass is 341 g/mol. The lowest BCUT2D eigenvalue weighted by Gasteiger charge is -2.25. The summed E-state index contributed by atoms with van der Waals surface area (Å²) in [6, 6.07) is 4.91. The first kappa shape index (κ1) is 19.4. The van der Waals surface area contributed by atoms with E-state index in [1.165, 1.54) is 11.2 Å². The minimum Gasteiger partial charge on any atom is -0.370 e. The highest BCUT2D eigenvalue weighted by molar-refractivity contribution is 7.89. The summed E-state index contributed by atoms with van der Waals surface area (Å²) in [5, 5.41) is 2.75. The normalized spacial score (nSPS) is 11.6. The van der Waals surface area contributed by atoms with E-state index in [1.807, 2.05) is 13.8 Å². The number of rotatable bonds is 8. The molecule has 1 aromatic carbocycles. The first-order valence-electron chi connectivity index (χ1n) is 7.98. The van der Waals surface area contributed by atoms with Crippen molar-refractivity contribution in [1.82, 2.24) is 4.31 Å². The van der Waals surface area contributed by atoms with Crippen LogP contribution in [0.4, 0.5) is 11.4 Å². The van der Waals surface area contributed by atoms with Crippen LogP contribution in [-0.2, 0) is 14.8 Å². The van der Waals surface area contributed by atoms with Gasteiger partial charge in [0.1, 0.15) is 0 Å². The second-order valence-corrected chi connectivity index (χ2v) is 7.06. The van der Waals surface area contributed by atoms with E-state index in [2.05, 4.69) is 10.2 Å². The first-order valence-corrected chi connectivity index (χ1v) is 9.42. The fourth-order valence-electron chi connectivity index (χ4n) is 2.52. The molecule has 0 aliphatic rings. The first-order chi connectivity index (χ1) is 10.8. The number of sulfonamides is 1. The summed E-state index contributed by atoms with van der Waals surface area (Å²) in [6.45, 7) is 11.4. The van der Waals surface area contributed by atoms with E-state index in [9.17, 15) is 13.2 Å². The molecule has 1 rings (SSSR count). The van der Waals surface area contributed by atoms with Crippen molar-refractivity contribution in [2.24, 2.45) is 0 Å². The average molecular weight is 341 g/mol. The molecular formula is C16H27N3O3S. The molecule has 130 valence electrons. The third-order valence-corrected chi connectivity index (χ3v) is 5.77. The Labute approximate surface area is 139 Å². The number of benzene rings is 1. The summed E-state index contributed by atoms with van der Waals surface area (Å²) >= 11 is 0. The fourth-order valence-corrected chi connectivity index (χ4v) is 4.00. The highest BCUT2D eigenvalue weighted by Gasteiger charge is 2.23. The van der Waals surface area contributed by atoms with E-state index < -0.39 is 10.0 Å². The zero-order chi connectivity index (χ0) is 17.6. The van der Waals surface area contributed by atoms with Crippen molar-refractivity contribution in [1.29, 1.82) is 0 Å². The number of anilines is 2. The van der Waals surface area contributed by atoms with Crippen LogP contribution >= 0.6 is 0 Å². The fraction of sp³-hybridized carbons (Fsp3) is 0.562. The summed E-state index contributed by atoms with van der Waals surface area (Å²) in [5.41, 5.74) is 1.35. The molecule has 1 N–H and O–H groups in total. The summed E-state index contributed by atoms with van der Waals surface area (Å²) in [4.78, 5) is 13.7. The Morgan fingerprint density at radius 2 is 1.61 bits per heavy atom. The van der Waals surface area contributed by atoms with Crippen LogP contribution in [0, 0.1) is 0 Å². The lowest BCUT2D eigenvalue weighted by Crippen LogP contribution is -2.31. The number of amides is 1. The van der Waals surface area contributed by atoms with Crippen molar-refractivity contribution in [3.63, 3.8) is 0 Å². The van der Waals surface area contributed by atoms with Gasteiger partial charge in [-0.05, 0) is 32.0 Å². The van der Waals surface area contributed by atoms with Gasteiger partial charge >= 0.3 is 0 Å². The summed E-state index contributed by atoms with van der Waals surface area (Å²) in [6.07, 6.45) is 0. The standard InChI is InChI=1S/C16H27N3O3S/c1-6-18(7-2)16-11-10-14(12-15(16)17-13(5)20)23(21,22)19(8-3)9-4/h10-12H,6-9H2,1-5H3,(H,17,20). The third kappa shape index (κ3) is 4.45. The van der Waals surface area contributed by atoms with Gasteiger partial charge in [-0.1, -0.05) is 13.8 Å². The number of carbonyl (C=O) groups is 1. The van der Waals surface area contributed by atoms with E-state index in [1.54, 1.807) is 32.0 Å². The van der Waals surface area contributed by atoms with Crippen molar-refractivity contribution in [2.75, 3.05) is 36.4 Å². The zero-order valence-electron chi connectivity index (χ0n) is 14.6. The second-order valence-electron chi connectivity index (χ2n) is 5.12. The molecule has 0 aliphatic heterocycles. The Morgan fingerprint density at radius 3 is 2.04 bits per heavy atom. The minimum absolute atomic E-state index is 0.195. The van der Waals surface area contributed by atoms with E-state index in [0.29, 0.717) is 18.8 Å². The van der Waals surface area contributed by atoms with Gasteiger partial charge in [0.2, 0.25) is 15.9 Å². The van der Waals surface area contributed by atoms with Gasteiger partial charge in [-0.25, -0.2) is 8.42 Å². The van der Waals surface area contributed by atoms with Crippen LogP contribution in [0.15, 0.2) is 23.1 Å². The van der Waals surface area contributed by atoms with Crippen molar-refractivity contribution < 1.29 is 13.2 Å². The zero-order valence-corrected chi connectivity index (χ0v) is 15.4. The van der Waals surface area contributed by atoms with Crippen molar-refractivity contribution in [3.05, 3.63) is 18.2 Å². The summed E-state index contributed by atoms with van der Waals surface area (Å²) < 4.78 is 26.7. The van der Waals surface area contributed by atoms with E-state index in [4.69, 9.17) is 0 Å². The van der Waals surface area contributed by atoms with Crippen LogP contribution in [0.3, 0.4) is 0 Å². The Balaban J connectivity index is 3.41. The predicted octanol–water partition coefficient (Wildman–Crippen LogP) is 2.52. The maximum absolute atomic E-state index is 12.7. The van der Waals surface area contributed by atoms with Gasteiger partial charge in [0.15, 0.2) is 0 Å². The van der Waals surface area contributed by atoms with Gasteiger partial charge in [-0.2, -0.15) is 4.31 Å². The van der Waals surface area contributed by atoms with Crippen LogP contribution in [-0.4, -0.2) is 44.8 Å². The number of nitrogens with zero attached hydrogens (tertiary/aromatic N) is 2. The van der Waals surface area contributed by atoms with Gasteiger partial charge in [0.05, 0.1) is 16.3 Å². The average Bonchev–Trinajstić information content (AvgIpc) is 2.50. The molecule has 0 unspecified atom stereocenters. The lowest BCUT2D eigenvalue weighted by molar-refractivity contribution is -0.114. The van der Waals surface area contributed by atoms with Gasteiger partial charge < -0.3 is 10.2 Å². The molecule has 6 nitrogen and oxygen atoms in total. The molecule has 0 spiro atoms. The molecule has 23 heavy (non-hydrogen) atoms. The van der Waals surface area contributed by atoms with Gasteiger partial charge in [0, 0.05) is 33.1 Å². The van der Waals surface area contributed by atoms with E-state index >= 15 is 0 Å². The summed E-state index contributed by atoms with van der Waals surface area (Å²) in [5.74, 6) is -0.226. The summed E-state index contributed by atoms with van der Waals surface area (Å²) in [7, 11) is -3.55. The van der Waals surface area contributed by atoms with Crippen LogP contribution in [0.2, 0.25) is 0 Å². The molecular weight excluding hydrogens is 314 g/mol. The molecule has 0 bridgehead atoms. The second kappa shape index (κ2) is 8.31. The highest BCUT2D eigenvalue weighted by Crippen LogP contribution is 2.30. The molecule has 0 saturated carbocycles. The Hall–Kier alpha value is -1.60. The SMILES string of the molecule is CCN(CC)c1ccc(S(=O)(=O)N(CC)CC)cc1NC(C)=O. The molecule has 0 saturated heterocycles. The van der Waals surface area contributed by atoms with Crippen LogP contribution in [0.5, 0.6) is 0 Å². The van der Waals surface area contributed by atoms with Crippen molar-refractivity contribution in [3.8, 4) is 0 Å². The molecule has 0 heterocycles. The predicted molar refractivity (Wildman–Crippen MR) is 94.4 cm³/mol. The number of hydrogen-bond acceptors (Lipinski definition) is 4. The van der Waals surface area contributed by atoms with Gasteiger partial charge in [0.25, 0.3) is 0 Å². The number of hydrogen-bond donors (Lipinski definition) is 1. The highest BCUT2D eigenvalue weighted by atomic mass is 32.2. The topological polar surface area (TPSA) is 69.7 Å². The number of carbonyl (C=O) groups excluding carboxylic acids is 1. The molecule has 1 amide bonds. The smallest absolute Gasteiger partial charge is 0.243 e. The Morgan fingerprint density at radius 1 is 1.04 bits per heavy atom. The van der Waals surface area contributed by atoms with E-state index in [-0.39, 0.29) is 10.8 Å². The lowest BCUT2D eigenvalue weighted by atomic mass is 10.2. The number of nitrogens with one attached hydrogen (secondary N) is 1. The third-order valence-electron chi connectivity index (χ3n) is 3.73. The van der Waals surface area contributed by atoms with Gasteiger partial charge in [-0.3, -0.25) is 4.79 Å². The van der Waals surface area contributed by atoms with E-state index in [0.717, 1.165) is 18.8 Å². The van der Waals surface area contributed by atoms with Crippen molar-refractivity contribution in [2.45, 2.75) is 39.5 Å². The molecule has 7 heteroatoms. The molecule has 0 radical (unpaired) electrons. The minimum atomic E-state index is -3.55. The quantitative estimate of drug-likeness (QED) is 0.789. The molecule has 0 atom stereocenters. The largest absolute Gasteiger partial charge is 0.370 e. The van der Waals surface area contributed by atoms with Crippen LogP contribution < -0.4 is 10.2 Å². The maximum atomic E-state index is 12.7. The van der Waals surface area contributed by atoms with Crippen LogP contribution in [0.25, 0.3) is 0 Å². The molecule has 1 aromatic rings. The van der Waals surface area contributed by atoms with Gasteiger partial charge in [-0.15, -0.1) is 0 Å². The maximum Gasteiger partial charge on any atom is 0.243 e. The van der Waals surface area contributed by atoms with Crippen molar-refractivity contribution >= 4 is 27.3 Å².